The number of hydrogen-bond donors (Lipinski definition) is 0. The van der Waals surface area contributed by atoms with Crippen LogP contribution in [0.4, 0.5) is 23.4 Å². The zero-order valence-electron chi connectivity index (χ0n) is 16.3. The van der Waals surface area contributed by atoms with Gasteiger partial charge in [-0.2, -0.15) is 13.2 Å². The lowest BCUT2D eigenvalue weighted by Crippen LogP contribution is -2.54. The minimum atomic E-state index is -4.45. The molecule has 0 atom stereocenters. The summed E-state index contributed by atoms with van der Waals surface area (Å²) in [5.41, 5.74) is -0.365. The second kappa shape index (κ2) is 9.88. The molecule has 1 aliphatic heterocycles. The first-order valence-corrected chi connectivity index (χ1v) is 9.49. The van der Waals surface area contributed by atoms with Crippen molar-refractivity contribution in [2.75, 3.05) is 18.0 Å². The topological polar surface area (TPSA) is 53.5 Å². The highest BCUT2D eigenvalue weighted by molar-refractivity contribution is 6.30. The minimum Gasteiger partial charge on any atom is -0.327 e. The van der Waals surface area contributed by atoms with Gasteiger partial charge in [0, 0.05) is 12.7 Å². The standard InChI is InChI=1S/C17H12ClF4N3O2.C3H8/c18-12-5-13(19)16(23-6-12)25-9-14(26)24(8-15(25)27)7-10-1-3-11(4-2-10)17(20,21)22;1-3-2/h1-6H,7-9H2;3H2,1-2H3. The van der Waals surface area contributed by atoms with Crippen molar-refractivity contribution < 1.29 is 27.2 Å². The van der Waals surface area contributed by atoms with Crippen LogP contribution in [0.15, 0.2) is 36.5 Å². The molecule has 0 bridgehead atoms. The number of carbonyl (C=O) groups excluding carboxylic acids is 2. The van der Waals surface area contributed by atoms with Crippen molar-refractivity contribution >= 4 is 29.2 Å². The summed E-state index contributed by atoms with van der Waals surface area (Å²) in [5.74, 6) is -2.17. The summed E-state index contributed by atoms with van der Waals surface area (Å²) in [7, 11) is 0. The lowest BCUT2D eigenvalue weighted by Gasteiger charge is -2.33. The molecule has 2 heterocycles. The van der Waals surface area contributed by atoms with Crippen LogP contribution in [-0.4, -0.2) is 34.8 Å². The number of halogens is 5. The molecule has 2 aromatic rings. The number of benzene rings is 1. The summed E-state index contributed by atoms with van der Waals surface area (Å²) in [5, 5.41) is 0.0518. The Labute approximate surface area is 176 Å². The molecule has 1 aromatic heterocycles. The summed E-state index contributed by atoms with van der Waals surface area (Å²) >= 11 is 5.62. The Balaban J connectivity index is 0.00000101. The smallest absolute Gasteiger partial charge is 0.327 e. The van der Waals surface area contributed by atoms with Crippen molar-refractivity contribution in [3.05, 3.63) is 58.5 Å². The monoisotopic (exact) mass is 445 g/mol. The van der Waals surface area contributed by atoms with Crippen molar-refractivity contribution in [1.29, 1.82) is 0 Å². The van der Waals surface area contributed by atoms with E-state index in [4.69, 9.17) is 11.6 Å². The van der Waals surface area contributed by atoms with E-state index in [1.165, 1.54) is 23.5 Å². The van der Waals surface area contributed by atoms with Crippen LogP contribution < -0.4 is 4.90 Å². The summed E-state index contributed by atoms with van der Waals surface area (Å²) in [6.07, 6.45) is -2.04. The average Bonchev–Trinajstić information content (AvgIpc) is 2.65. The van der Waals surface area contributed by atoms with E-state index in [1.54, 1.807) is 0 Å². The van der Waals surface area contributed by atoms with Crippen molar-refractivity contribution in [3.63, 3.8) is 0 Å². The van der Waals surface area contributed by atoms with E-state index in [-0.39, 0.29) is 23.9 Å². The molecule has 30 heavy (non-hydrogen) atoms. The van der Waals surface area contributed by atoms with E-state index in [0.29, 0.717) is 5.56 Å². The Hall–Kier alpha value is -2.68. The Kier molecular flexibility index (Phi) is 7.77. The van der Waals surface area contributed by atoms with Crippen LogP contribution in [0, 0.1) is 5.82 Å². The van der Waals surface area contributed by atoms with Crippen LogP contribution in [0.1, 0.15) is 31.4 Å². The van der Waals surface area contributed by atoms with Crippen LogP contribution in [0.5, 0.6) is 0 Å². The third kappa shape index (κ3) is 5.91. The molecular formula is C20H20ClF4N3O2. The summed E-state index contributed by atoms with van der Waals surface area (Å²) in [6.45, 7) is 3.45. The van der Waals surface area contributed by atoms with Crippen LogP contribution >= 0.6 is 11.6 Å². The molecule has 10 heteroatoms. The zero-order chi connectivity index (χ0) is 22.5. The molecule has 0 N–H and O–H groups in total. The molecule has 3 rings (SSSR count). The molecule has 5 nitrogen and oxygen atoms in total. The Morgan fingerprint density at radius 1 is 1.07 bits per heavy atom. The molecule has 0 unspecified atom stereocenters. The summed E-state index contributed by atoms with van der Waals surface area (Å²) < 4.78 is 51.7. The van der Waals surface area contributed by atoms with Crippen molar-refractivity contribution in [3.8, 4) is 0 Å². The predicted molar refractivity (Wildman–Crippen MR) is 104 cm³/mol. The van der Waals surface area contributed by atoms with E-state index in [1.807, 2.05) is 0 Å². The van der Waals surface area contributed by atoms with E-state index in [9.17, 15) is 27.2 Å². The predicted octanol–water partition coefficient (Wildman–Crippen LogP) is 4.68. The molecule has 2 amide bonds. The number of carbonyl (C=O) groups is 2. The van der Waals surface area contributed by atoms with Gasteiger partial charge >= 0.3 is 6.18 Å². The number of piperazine rings is 1. The van der Waals surface area contributed by atoms with Crippen LogP contribution in [0.2, 0.25) is 5.02 Å². The van der Waals surface area contributed by atoms with Crippen molar-refractivity contribution in [1.82, 2.24) is 9.88 Å². The molecular weight excluding hydrogens is 426 g/mol. The van der Waals surface area contributed by atoms with E-state index >= 15 is 0 Å². The molecule has 0 spiro atoms. The van der Waals surface area contributed by atoms with Crippen LogP contribution in [-0.2, 0) is 22.3 Å². The second-order valence-corrected chi connectivity index (χ2v) is 7.03. The molecule has 1 aromatic carbocycles. The number of alkyl halides is 3. The molecule has 162 valence electrons. The highest BCUT2D eigenvalue weighted by atomic mass is 35.5. The first-order chi connectivity index (χ1) is 14.1. The number of aromatic nitrogens is 1. The molecule has 0 aliphatic carbocycles. The number of nitrogens with zero attached hydrogens (tertiary/aromatic N) is 3. The fourth-order valence-corrected chi connectivity index (χ4v) is 2.77. The molecule has 1 saturated heterocycles. The quantitative estimate of drug-likeness (QED) is 0.644. The number of rotatable bonds is 3. The number of anilines is 1. The molecule has 1 aliphatic rings. The van der Waals surface area contributed by atoms with Gasteiger partial charge in [-0.1, -0.05) is 44.0 Å². The normalized spacial score (nSPS) is 14.5. The summed E-state index contributed by atoms with van der Waals surface area (Å²) in [4.78, 5) is 30.5. The van der Waals surface area contributed by atoms with Gasteiger partial charge in [-0.25, -0.2) is 9.37 Å². The first kappa shape index (κ1) is 23.6. The summed E-state index contributed by atoms with van der Waals surface area (Å²) in [6, 6.07) is 5.28. The van der Waals surface area contributed by atoms with Gasteiger partial charge in [0.25, 0.3) is 0 Å². The van der Waals surface area contributed by atoms with Crippen LogP contribution in [0.25, 0.3) is 0 Å². The lowest BCUT2D eigenvalue weighted by atomic mass is 10.1. The Morgan fingerprint density at radius 2 is 1.67 bits per heavy atom. The molecule has 0 radical (unpaired) electrons. The van der Waals surface area contributed by atoms with Crippen molar-refractivity contribution in [2.24, 2.45) is 0 Å². The van der Waals surface area contributed by atoms with Gasteiger partial charge in [-0.3, -0.25) is 14.5 Å². The highest BCUT2D eigenvalue weighted by Crippen LogP contribution is 2.29. The maximum absolute atomic E-state index is 14.0. The first-order valence-electron chi connectivity index (χ1n) is 9.12. The number of hydrogen-bond acceptors (Lipinski definition) is 3. The Bertz CT molecular complexity index is 904. The number of amides is 2. The maximum atomic E-state index is 14.0. The largest absolute Gasteiger partial charge is 0.416 e. The van der Waals surface area contributed by atoms with E-state index in [2.05, 4.69) is 18.8 Å². The fourth-order valence-electron chi connectivity index (χ4n) is 2.62. The SMILES string of the molecule is CCC.O=C1CN(c2ncc(Cl)cc2F)C(=O)CN1Cc1ccc(C(F)(F)F)cc1. The highest BCUT2D eigenvalue weighted by Gasteiger charge is 2.33. The van der Waals surface area contributed by atoms with Gasteiger partial charge in [0.2, 0.25) is 11.8 Å². The molecule has 0 saturated carbocycles. The van der Waals surface area contributed by atoms with E-state index in [0.717, 1.165) is 29.3 Å². The maximum Gasteiger partial charge on any atom is 0.416 e. The van der Waals surface area contributed by atoms with Crippen molar-refractivity contribution in [2.45, 2.75) is 33.0 Å². The Morgan fingerprint density at radius 3 is 2.20 bits per heavy atom. The fraction of sp³-hybridized carbons (Fsp3) is 0.350. The van der Waals surface area contributed by atoms with Gasteiger partial charge in [-0.15, -0.1) is 0 Å². The van der Waals surface area contributed by atoms with E-state index < -0.39 is 35.9 Å². The third-order valence-electron chi connectivity index (χ3n) is 3.97. The van der Waals surface area contributed by atoms with Gasteiger partial charge in [0.1, 0.15) is 13.1 Å². The van der Waals surface area contributed by atoms with Crippen LogP contribution in [0.3, 0.4) is 0 Å². The van der Waals surface area contributed by atoms with Gasteiger partial charge in [0.15, 0.2) is 11.6 Å². The number of pyridine rings is 1. The third-order valence-corrected chi connectivity index (χ3v) is 4.18. The van der Waals surface area contributed by atoms with Gasteiger partial charge < -0.3 is 4.90 Å². The van der Waals surface area contributed by atoms with Gasteiger partial charge in [0.05, 0.1) is 10.6 Å². The molecule has 1 fully saturated rings. The minimum absolute atomic E-state index is 0.0346. The second-order valence-electron chi connectivity index (χ2n) is 6.59. The van der Waals surface area contributed by atoms with Gasteiger partial charge in [-0.05, 0) is 23.8 Å². The zero-order valence-corrected chi connectivity index (χ0v) is 17.1. The average molecular weight is 446 g/mol. The lowest BCUT2D eigenvalue weighted by molar-refractivity contribution is -0.139.